The van der Waals surface area contributed by atoms with Gasteiger partial charge >= 0.3 is 0 Å². The molecule has 0 aliphatic rings. The number of fused-ring (bicyclic) bond motifs is 1. The first-order chi connectivity index (χ1) is 12.3. The predicted molar refractivity (Wildman–Crippen MR) is 102 cm³/mol. The minimum Gasteiger partial charge on any atom is -0.396 e. The number of hydrogen-bond donors (Lipinski definition) is 2. The van der Waals surface area contributed by atoms with Crippen LogP contribution in [-0.2, 0) is 0 Å². The molecule has 0 saturated heterocycles. The SMILES string of the molecule is O=C(NCCC(CCO)c1ccccc1)c1cccc2ccccc12. The molecule has 2 N–H and O–H groups in total. The molecule has 128 valence electrons. The van der Waals surface area contributed by atoms with Crippen molar-refractivity contribution in [2.45, 2.75) is 18.8 Å². The molecule has 3 aromatic rings. The highest BCUT2D eigenvalue weighted by molar-refractivity contribution is 6.06. The summed E-state index contributed by atoms with van der Waals surface area (Å²) in [5, 5.41) is 14.4. The summed E-state index contributed by atoms with van der Waals surface area (Å²) in [6, 6.07) is 23.9. The van der Waals surface area contributed by atoms with Crippen molar-refractivity contribution < 1.29 is 9.90 Å². The van der Waals surface area contributed by atoms with E-state index in [4.69, 9.17) is 0 Å². The molecule has 3 heteroatoms. The summed E-state index contributed by atoms with van der Waals surface area (Å²) in [5.74, 6) is 0.201. The topological polar surface area (TPSA) is 49.3 Å². The van der Waals surface area contributed by atoms with Gasteiger partial charge in [-0.15, -0.1) is 0 Å². The van der Waals surface area contributed by atoms with Crippen molar-refractivity contribution in [1.82, 2.24) is 5.32 Å². The Kier molecular flexibility index (Phi) is 5.81. The molecular weight excluding hydrogens is 310 g/mol. The van der Waals surface area contributed by atoms with Crippen molar-refractivity contribution in [3.8, 4) is 0 Å². The fourth-order valence-corrected chi connectivity index (χ4v) is 3.24. The molecule has 0 radical (unpaired) electrons. The van der Waals surface area contributed by atoms with Crippen LogP contribution in [-0.4, -0.2) is 24.2 Å². The number of nitrogens with one attached hydrogen (secondary N) is 1. The molecule has 1 atom stereocenters. The Morgan fingerprint density at radius 3 is 2.40 bits per heavy atom. The van der Waals surface area contributed by atoms with Crippen LogP contribution < -0.4 is 5.32 Å². The molecule has 25 heavy (non-hydrogen) atoms. The smallest absolute Gasteiger partial charge is 0.251 e. The molecule has 3 rings (SSSR count). The molecule has 0 spiro atoms. The average molecular weight is 333 g/mol. The summed E-state index contributed by atoms with van der Waals surface area (Å²) in [7, 11) is 0. The summed E-state index contributed by atoms with van der Waals surface area (Å²) < 4.78 is 0. The van der Waals surface area contributed by atoms with Crippen molar-refractivity contribution >= 4 is 16.7 Å². The van der Waals surface area contributed by atoms with Crippen molar-refractivity contribution in [2.24, 2.45) is 0 Å². The highest BCUT2D eigenvalue weighted by Gasteiger charge is 2.13. The summed E-state index contributed by atoms with van der Waals surface area (Å²) in [5.41, 5.74) is 1.91. The molecule has 1 unspecified atom stereocenters. The van der Waals surface area contributed by atoms with Gasteiger partial charge in [0, 0.05) is 18.7 Å². The maximum Gasteiger partial charge on any atom is 0.251 e. The average Bonchev–Trinajstić information content (AvgIpc) is 2.67. The van der Waals surface area contributed by atoms with Crippen LogP contribution in [0.25, 0.3) is 10.8 Å². The Balaban J connectivity index is 1.65. The van der Waals surface area contributed by atoms with Crippen LogP contribution in [0, 0.1) is 0 Å². The Morgan fingerprint density at radius 2 is 1.60 bits per heavy atom. The highest BCUT2D eigenvalue weighted by Crippen LogP contribution is 2.23. The summed E-state index contributed by atoms with van der Waals surface area (Å²) in [6.07, 6.45) is 1.51. The molecule has 0 fully saturated rings. The fraction of sp³-hybridized carbons (Fsp3) is 0.227. The van der Waals surface area contributed by atoms with E-state index in [1.165, 1.54) is 5.56 Å². The largest absolute Gasteiger partial charge is 0.396 e. The van der Waals surface area contributed by atoms with Crippen LogP contribution in [0.1, 0.15) is 34.7 Å². The maximum atomic E-state index is 12.6. The van der Waals surface area contributed by atoms with E-state index in [0.717, 1.165) is 17.2 Å². The van der Waals surface area contributed by atoms with E-state index >= 15 is 0 Å². The number of benzene rings is 3. The van der Waals surface area contributed by atoms with Crippen LogP contribution in [0.15, 0.2) is 72.8 Å². The number of carbonyl (C=O) groups excluding carboxylic acids is 1. The molecule has 1 amide bonds. The fourth-order valence-electron chi connectivity index (χ4n) is 3.24. The lowest BCUT2D eigenvalue weighted by Gasteiger charge is -2.17. The second-order valence-corrected chi connectivity index (χ2v) is 6.19. The first-order valence-corrected chi connectivity index (χ1v) is 8.71. The van der Waals surface area contributed by atoms with Gasteiger partial charge in [-0.2, -0.15) is 0 Å². The standard InChI is InChI=1S/C22H23NO2/c24-16-14-18(17-7-2-1-3-8-17)13-15-23-22(25)21-12-6-10-19-9-4-5-11-20(19)21/h1-12,18,24H,13-16H2,(H,23,25). The summed E-state index contributed by atoms with van der Waals surface area (Å²) in [4.78, 5) is 12.6. The molecule has 0 heterocycles. The van der Waals surface area contributed by atoms with Crippen LogP contribution in [0.2, 0.25) is 0 Å². The lowest BCUT2D eigenvalue weighted by Crippen LogP contribution is -2.26. The second-order valence-electron chi connectivity index (χ2n) is 6.19. The van der Waals surface area contributed by atoms with Gasteiger partial charge in [-0.3, -0.25) is 4.79 Å². The number of rotatable bonds is 7. The Bertz CT molecular complexity index is 824. The molecule has 3 nitrogen and oxygen atoms in total. The molecule has 0 bridgehead atoms. The zero-order chi connectivity index (χ0) is 17.5. The maximum absolute atomic E-state index is 12.6. The van der Waals surface area contributed by atoms with Crippen LogP contribution in [0.3, 0.4) is 0 Å². The van der Waals surface area contributed by atoms with Gasteiger partial charge in [-0.25, -0.2) is 0 Å². The number of carbonyl (C=O) groups is 1. The third-order valence-electron chi connectivity index (χ3n) is 4.56. The zero-order valence-corrected chi connectivity index (χ0v) is 14.2. The van der Waals surface area contributed by atoms with Gasteiger partial charge < -0.3 is 10.4 Å². The van der Waals surface area contributed by atoms with Gasteiger partial charge in [0.2, 0.25) is 0 Å². The minimum atomic E-state index is -0.0485. The first kappa shape index (κ1) is 17.2. The van der Waals surface area contributed by atoms with Gasteiger partial charge in [-0.05, 0) is 41.2 Å². The third kappa shape index (κ3) is 4.25. The number of amides is 1. The van der Waals surface area contributed by atoms with Crippen LogP contribution >= 0.6 is 0 Å². The predicted octanol–water partition coefficient (Wildman–Crippen LogP) is 4.13. The van der Waals surface area contributed by atoms with Gasteiger partial charge in [0.05, 0.1) is 0 Å². The van der Waals surface area contributed by atoms with Gasteiger partial charge in [0.1, 0.15) is 0 Å². The monoisotopic (exact) mass is 333 g/mol. The molecule has 0 saturated carbocycles. The normalized spacial score (nSPS) is 12.0. The van der Waals surface area contributed by atoms with E-state index in [1.54, 1.807) is 0 Å². The number of hydrogen-bond acceptors (Lipinski definition) is 2. The van der Waals surface area contributed by atoms with Gasteiger partial charge in [-0.1, -0.05) is 66.7 Å². The molecule has 0 aliphatic heterocycles. The van der Waals surface area contributed by atoms with Crippen molar-refractivity contribution in [3.05, 3.63) is 83.9 Å². The van der Waals surface area contributed by atoms with Gasteiger partial charge in [0.25, 0.3) is 5.91 Å². The van der Waals surface area contributed by atoms with E-state index in [9.17, 15) is 9.90 Å². The third-order valence-corrected chi connectivity index (χ3v) is 4.56. The highest BCUT2D eigenvalue weighted by atomic mass is 16.3. The lowest BCUT2D eigenvalue weighted by molar-refractivity contribution is 0.0954. The van der Waals surface area contributed by atoms with Crippen molar-refractivity contribution in [2.75, 3.05) is 13.2 Å². The second kappa shape index (κ2) is 8.45. The molecule has 0 aliphatic carbocycles. The van der Waals surface area contributed by atoms with Crippen LogP contribution in [0.5, 0.6) is 0 Å². The van der Waals surface area contributed by atoms with E-state index in [1.807, 2.05) is 60.7 Å². The Hall–Kier alpha value is -2.65. The molecule has 3 aromatic carbocycles. The van der Waals surface area contributed by atoms with E-state index in [-0.39, 0.29) is 18.4 Å². The first-order valence-electron chi connectivity index (χ1n) is 8.71. The van der Waals surface area contributed by atoms with E-state index < -0.39 is 0 Å². The quantitative estimate of drug-likeness (QED) is 0.683. The van der Waals surface area contributed by atoms with Gasteiger partial charge in [0.15, 0.2) is 0 Å². The Morgan fingerprint density at radius 1 is 0.880 bits per heavy atom. The Labute approximate surface area is 148 Å². The van der Waals surface area contributed by atoms with Crippen LogP contribution in [0.4, 0.5) is 0 Å². The minimum absolute atomic E-state index is 0.0485. The molecule has 0 aromatic heterocycles. The number of aliphatic hydroxyl groups is 1. The van der Waals surface area contributed by atoms with E-state index in [0.29, 0.717) is 18.5 Å². The van der Waals surface area contributed by atoms with Crippen molar-refractivity contribution in [3.63, 3.8) is 0 Å². The summed E-state index contributed by atoms with van der Waals surface area (Å²) in [6.45, 7) is 0.735. The summed E-state index contributed by atoms with van der Waals surface area (Å²) >= 11 is 0. The van der Waals surface area contributed by atoms with Crippen molar-refractivity contribution in [1.29, 1.82) is 0 Å². The number of aliphatic hydroxyl groups excluding tert-OH is 1. The lowest BCUT2D eigenvalue weighted by atomic mass is 9.93. The van der Waals surface area contributed by atoms with E-state index in [2.05, 4.69) is 17.4 Å². The molecular formula is C22H23NO2. The zero-order valence-electron chi connectivity index (χ0n) is 14.2.